The number of carbonyl (C=O) groups is 1. The van der Waals surface area contributed by atoms with E-state index >= 15 is 0 Å². The van der Waals surface area contributed by atoms with Gasteiger partial charge in [0.15, 0.2) is 0 Å². The molecule has 5 heteroatoms. The Kier molecular flexibility index (Phi) is 4.61. The smallest absolute Gasteiger partial charge is 0.258 e. The number of aryl methyl sites for hydroxylation is 1. The van der Waals surface area contributed by atoms with Gasteiger partial charge in [0.2, 0.25) is 5.88 Å². The second-order valence-electron chi connectivity index (χ2n) is 9.00. The summed E-state index contributed by atoms with van der Waals surface area (Å²) >= 11 is 0. The minimum absolute atomic E-state index is 0.0275. The van der Waals surface area contributed by atoms with Crippen LogP contribution in [0.5, 0.6) is 5.88 Å². The van der Waals surface area contributed by atoms with Gasteiger partial charge in [-0.15, -0.1) is 0 Å². The van der Waals surface area contributed by atoms with Crippen molar-refractivity contribution >= 4 is 5.91 Å². The van der Waals surface area contributed by atoms with Gasteiger partial charge in [0.05, 0.1) is 12.8 Å². The van der Waals surface area contributed by atoms with Gasteiger partial charge in [-0.3, -0.25) is 4.79 Å². The van der Waals surface area contributed by atoms with Crippen molar-refractivity contribution in [2.75, 3.05) is 6.61 Å². The maximum absolute atomic E-state index is 13.1. The molecule has 4 aliphatic rings. The third-order valence-electron chi connectivity index (χ3n) is 7.13. The number of amides is 1. The van der Waals surface area contributed by atoms with Gasteiger partial charge in [-0.2, -0.15) is 5.10 Å². The van der Waals surface area contributed by atoms with Crippen molar-refractivity contribution in [1.82, 2.24) is 15.1 Å². The lowest BCUT2D eigenvalue weighted by atomic mass is 9.54. The maximum atomic E-state index is 13.1. The lowest BCUT2D eigenvalue weighted by Gasteiger charge is -2.54. The van der Waals surface area contributed by atoms with E-state index in [1.165, 1.54) is 37.7 Å². The van der Waals surface area contributed by atoms with Gasteiger partial charge in [0.1, 0.15) is 5.56 Å². The number of aromatic nitrogens is 2. The van der Waals surface area contributed by atoms with Crippen LogP contribution in [0.3, 0.4) is 0 Å². The summed E-state index contributed by atoms with van der Waals surface area (Å²) < 4.78 is 7.64. The molecule has 1 heterocycles. The van der Waals surface area contributed by atoms with Crippen LogP contribution in [0.1, 0.15) is 48.0 Å². The highest BCUT2D eigenvalue weighted by atomic mass is 16.5. The van der Waals surface area contributed by atoms with Crippen molar-refractivity contribution in [3.63, 3.8) is 0 Å². The summed E-state index contributed by atoms with van der Waals surface area (Å²) in [6.45, 7) is 0.530. The first-order chi connectivity index (χ1) is 13.7. The summed E-state index contributed by atoms with van der Waals surface area (Å²) in [5, 5.41) is 7.65. The topological polar surface area (TPSA) is 56.2 Å². The number of benzene rings is 1. The molecule has 0 aliphatic heterocycles. The number of hydrogen-bond acceptors (Lipinski definition) is 3. The molecule has 148 valence electrons. The molecule has 0 spiro atoms. The van der Waals surface area contributed by atoms with Crippen molar-refractivity contribution in [3.05, 3.63) is 47.7 Å². The number of carbonyl (C=O) groups excluding carboxylic acids is 1. The first-order valence-corrected chi connectivity index (χ1v) is 10.7. The van der Waals surface area contributed by atoms with Crippen LogP contribution in [0.2, 0.25) is 0 Å². The Morgan fingerprint density at radius 2 is 1.79 bits per heavy atom. The summed E-state index contributed by atoms with van der Waals surface area (Å²) in [7, 11) is 1.83. The fraction of sp³-hybridized carbons (Fsp3) is 0.565. The third-order valence-corrected chi connectivity index (χ3v) is 7.13. The first kappa shape index (κ1) is 17.8. The van der Waals surface area contributed by atoms with Crippen LogP contribution in [0.15, 0.2) is 36.5 Å². The number of rotatable bonds is 6. The molecule has 0 radical (unpaired) electrons. The maximum Gasteiger partial charge on any atom is 0.258 e. The van der Waals surface area contributed by atoms with Crippen LogP contribution >= 0.6 is 0 Å². The normalized spacial score (nSPS) is 30.4. The molecule has 4 fully saturated rings. The highest BCUT2D eigenvalue weighted by molar-refractivity contribution is 5.96. The van der Waals surface area contributed by atoms with Gasteiger partial charge in [-0.1, -0.05) is 30.3 Å². The predicted octanol–water partition coefficient (Wildman–Crippen LogP) is 3.60. The standard InChI is InChI=1S/C23H29N3O2/c1-26-23(28-8-7-15-5-3-2-4-6-15)20(14-24-26)22(27)25-21-18-10-16-9-17(12-18)13-19(21)11-16/h2-6,14,16-19,21H,7-13H2,1H3,(H,25,27). The largest absolute Gasteiger partial charge is 0.477 e. The monoisotopic (exact) mass is 379 g/mol. The molecule has 1 N–H and O–H groups in total. The zero-order valence-corrected chi connectivity index (χ0v) is 16.5. The Labute approximate surface area is 166 Å². The zero-order chi connectivity index (χ0) is 19.1. The average molecular weight is 380 g/mol. The first-order valence-electron chi connectivity index (χ1n) is 10.7. The number of nitrogens with zero attached hydrogens (tertiary/aromatic N) is 2. The van der Waals surface area contributed by atoms with Gasteiger partial charge in [0, 0.05) is 19.5 Å². The Balaban J connectivity index is 1.24. The molecule has 2 aromatic rings. The molecule has 1 aromatic carbocycles. The summed E-state index contributed by atoms with van der Waals surface area (Å²) in [6, 6.07) is 10.6. The van der Waals surface area contributed by atoms with E-state index in [4.69, 9.17) is 4.74 Å². The van der Waals surface area contributed by atoms with Crippen molar-refractivity contribution in [2.24, 2.45) is 30.7 Å². The summed E-state index contributed by atoms with van der Waals surface area (Å²) in [4.78, 5) is 13.1. The van der Waals surface area contributed by atoms with Crippen LogP contribution in [-0.4, -0.2) is 28.3 Å². The Morgan fingerprint density at radius 3 is 2.46 bits per heavy atom. The van der Waals surface area contributed by atoms with E-state index < -0.39 is 0 Å². The molecule has 1 aromatic heterocycles. The van der Waals surface area contributed by atoms with Crippen molar-refractivity contribution in [1.29, 1.82) is 0 Å². The molecule has 0 unspecified atom stereocenters. The van der Waals surface area contributed by atoms with Gasteiger partial charge in [-0.25, -0.2) is 4.68 Å². The molecular weight excluding hydrogens is 350 g/mol. The highest BCUT2D eigenvalue weighted by Crippen LogP contribution is 2.53. The second-order valence-corrected chi connectivity index (χ2v) is 9.00. The lowest BCUT2D eigenvalue weighted by molar-refractivity contribution is -0.0120. The number of hydrogen-bond donors (Lipinski definition) is 1. The summed E-state index contributed by atoms with van der Waals surface area (Å²) in [6.07, 6.45) is 9.06. The SMILES string of the molecule is Cn1ncc(C(=O)NC2C3CC4CC(C3)CC2C4)c1OCCc1ccccc1. The minimum atomic E-state index is -0.0275. The average Bonchev–Trinajstić information content (AvgIpc) is 3.06. The second kappa shape index (κ2) is 7.26. The quantitative estimate of drug-likeness (QED) is 0.834. The van der Waals surface area contributed by atoms with E-state index in [2.05, 4.69) is 22.5 Å². The van der Waals surface area contributed by atoms with E-state index in [9.17, 15) is 4.79 Å². The Hall–Kier alpha value is -2.30. The molecular formula is C23H29N3O2. The van der Waals surface area contributed by atoms with Crippen LogP contribution in [-0.2, 0) is 13.5 Å². The van der Waals surface area contributed by atoms with E-state index in [1.807, 2.05) is 25.2 Å². The molecule has 28 heavy (non-hydrogen) atoms. The fourth-order valence-electron chi connectivity index (χ4n) is 6.05. The third kappa shape index (κ3) is 3.31. The van der Waals surface area contributed by atoms with Crippen LogP contribution in [0, 0.1) is 23.7 Å². The molecule has 4 saturated carbocycles. The minimum Gasteiger partial charge on any atom is -0.477 e. The van der Waals surface area contributed by atoms with Gasteiger partial charge in [-0.05, 0) is 61.3 Å². The van der Waals surface area contributed by atoms with E-state index in [-0.39, 0.29) is 5.91 Å². The van der Waals surface area contributed by atoms with Crippen molar-refractivity contribution in [2.45, 2.75) is 44.6 Å². The van der Waals surface area contributed by atoms with Gasteiger partial charge < -0.3 is 10.1 Å². The molecule has 4 bridgehead atoms. The fourth-order valence-corrected chi connectivity index (χ4v) is 6.05. The summed E-state index contributed by atoms with van der Waals surface area (Å²) in [5.74, 6) is 3.69. The van der Waals surface area contributed by atoms with Crippen LogP contribution < -0.4 is 10.1 Å². The van der Waals surface area contributed by atoms with Gasteiger partial charge in [0.25, 0.3) is 5.91 Å². The molecule has 0 saturated heterocycles. The number of nitrogens with one attached hydrogen (secondary N) is 1. The van der Waals surface area contributed by atoms with E-state index in [0.717, 1.165) is 18.3 Å². The zero-order valence-electron chi connectivity index (χ0n) is 16.5. The summed E-state index contributed by atoms with van der Waals surface area (Å²) in [5.41, 5.74) is 1.79. The lowest BCUT2D eigenvalue weighted by Crippen LogP contribution is -2.55. The van der Waals surface area contributed by atoms with Crippen LogP contribution in [0.25, 0.3) is 0 Å². The molecule has 4 aliphatic carbocycles. The molecule has 6 rings (SSSR count). The van der Waals surface area contributed by atoms with Crippen molar-refractivity contribution in [3.8, 4) is 5.88 Å². The Morgan fingerprint density at radius 1 is 1.11 bits per heavy atom. The molecule has 0 atom stereocenters. The van der Waals surface area contributed by atoms with Crippen molar-refractivity contribution < 1.29 is 9.53 Å². The van der Waals surface area contributed by atoms with Gasteiger partial charge >= 0.3 is 0 Å². The Bertz CT molecular complexity index is 817. The molecule has 5 nitrogen and oxygen atoms in total. The van der Waals surface area contributed by atoms with E-state index in [1.54, 1.807) is 10.9 Å². The number of ether oxygens (including phenoxy) is 1. The highest BCUT2D eigenvalue weighted by Gasteiger charge is 2.48. The van der Waals surface area contributed by atoms with Crippen LogP contribution in [0.4, 0.5) is 0 Å². The van der Waals surface area contributed by atoms with E-state index in [0.29, 0.717) is 35.9 Å². The predicted molar refractivity (Wildman–Crippen MR) is 107 cm³/mol. The molecule has 1 amide bonds.